The van der Waals surface area contributed by atoms with Gasteiger partial charge in [0.05, 0.1) is 5.25 Å². The lowest BCUT2D eigenvalue weighted by Gasteiger charge is -2.14. The second-order valence-electron chi connectivity index (χ2n) is 5.14. The van der Waals surface area contributed by atoms with Crippen molar-refractivity contribution >= 4 is 23.4 Å². The van der Waals surface area contributed by atoms with Gasteiger partial charge in [-0.2, -0.15) is 0 Å². The van der Waals surface area contributed by atoms with Crippen molar-refractivity contribution in [1.29, 1.82) is 0 Å². The summed E-state index contributed by atoms with van der Waals surface area (Å²) in [7, 11) is 0. The summed E-state index contributed by atoms with van der Waals surface area (Å²) >= 11 is 1.19. The highest BCUT2D eigenvalue weighted by atomic mass is 32.2. The van der Waals surface area contributed by atoms with Gasteiger partial charge >= 0.3 is 0 Å². The molecule has 0 saturated heterocycles. The zero-order valence-electron chi connectivity index (χ0n) is 12.6. The first-order valence-electron chi connectivity index (χ1n) is 6.86. The van der Waals surface area contributed by atoms with Gasteiger partial charge in [-0.25, -0.2) is 8.78 Å². The number of thioether (sulfide) groups is 1. The molecule has 0 unspecified atom stereocenters. The first-order valence-corrected chi connectivity index (χ1v) is 7.74. The van der Waals surface area contributed by atoms with Crippen molar-refractivity contribution in [3.8, 4) is 0 Å². The Bertz CT molecular complexity index is 703. The van der Waals surface area contributed by atoms with Crippen LogP contribution in [-0.4, -0.2) is 11.2 Å². The predicted molar refractivity (Wildman–Crippen MR) is 86.2 cm³/mol. The molecule has 0 aliphatic carbocycles. The molecule has 0 heterocycles. The standard InChI is InChI=1S/C17H17F2NOS/c1-10-4-5-11(2)16(8-10)20-17(21)12(3)22-13-6-7-14(18)15(19)9-13/h4-9,12H,1-3H3,(H,20,21)/t12-/m1/s1. The normalized spacial score (nSPS) is 12.0. The summed E-state index contributed by atoms with van der Waals surface area (Å²) in [5, 5.41) is 2.44. The lowest BCUT2D eigenvalue weighted by atomic mass is 10.1. The third kappa shape index (κ3) is 4.07. The summed E-state index contributed by atoms with van der Waals surface area (Å²) in [4.78, 5) is 12.7. The van der Waals surface area contributed by atoms with Crippen LogP contribution >= 0.6 is 11.8 Å². The lowest BCUT2D eigenvalue weighted by molar-refractivity contribution is -0.115. The van der Waals surface area contributed by atoms with Crippen LogP contribution in [-0.2, 0) is 4.79 Å². The maximum absolute atomic E-state index is 13.2. The van der Waals surface area contributed by atoms with Crippen LogP contribution in [0, 0.1) is 25.5 Å². The number of rotatable bonds is 4. The monoisotopic (exact) mass is 321 g/mol. The molecule has 0 aliphatic rings. The quantitative estimate of drug-likeness (QED) is 0.827. The van der Waals surface area contributed by atoms with E-state index in [0.717, 1.165) is 28.9 Å². The van der Waals surface area contributed by atoms with Gasteiger partial charge in [0.25, 0.3) is 0 Å². The Morgan fingerprint density at radius 1 is 1.09 bits per heavy atom. The number of benzene rings is 2. The van der Waals surface area contributed by atoms with Gasteiger partial charge in [0, 0.05) is 10.6 Å². The minimum absolute atomic E-state index is 0.177. The highest BCUT2D eigenvalue weighted by Gasteiger charge is 2.16. The number of halogens is 2. The van der Waals surface area contributed by atoms with E-state index in [1.54, 1.807) is 6.92 Å². The number of carbonyl (C=O) groups excluding carboxylic acids is 1. The van der Waals surface area contributed by atoms with E-state index in [1.165, 1.54) is 17.8 Å². The lowest BCUT2D eigenvalue weighted by Crippen LogP contribution is -2.22. The number of hydrogen-bond donors (Lipinski definition) is 1. The van der Waals surface area contributed by atoms with Crippen molar-refractivity contribution in [3.63, 3.8) is 0 Å². The van der Waals surface area contributed by atoms with E-state index < -0.39 is 16.9 Å². The fraction of sp³-hybridized carbons (Fsp3) is 0.235. The minimum atomic E-state index is -0.910. The van der Waals surface area contributed by atoms with Crippen molar-refractivity contribution in [3.05, 3.63) is 59.2 Å². The highest BCUT2D eigenvalue weighted by molar-refractivity contribution is 8.00. The maximum Gasteiger partial charge on any atom is 0.237 e. The molecule has 2 aromatic carbocycles. The van der Waals surface area contributed by atoms with Crippen LogP contribution in [0.5, 0.6) is 0 Å². The molecule has 116 valence electrons. The van der Waals surface area contributed by atoms with Crippen LogP contribution in [0.2, 0.25) is 0 Å². The summed E-state index contributed by atoms with van der Waals surface area (Å²) < 4.78 is 26.1. The van der Waals surface area contributed by atoms with Gasteiger partial charge in [0.15, 0.2) is 11.6 Å². The minimum Gasteiger partial charge on any atom is -0.325 e. The maximum atomic E-state index is 13.2. The molecule has 2 nitrogen and oxygen atoms in total. The molecule has 0 bridgehead atoms. The summed E-state index contributed by atoms with van der Waals surface area (Å²) in [5.74, 6) is -1.98. The molecule has 0 aromatic heterocycles. The second-order valence-corrected chi connectivity index (χ2v) is 6.56. The Hall–Kier alpha value is -1.88. The van der Waals surface area contributed by atoms with Gasteiger partial charge in [0.2, 0.25) is 5.91 Å². The van der Waals surface area contributed by atoms with Crippen molar-refractivity contribution in [1.82, 2.24) is 0 Å². The van der Waals surface area contributed by atoms with Gasteiger partial charge in [0.1, 0.15) is 0 Å². The zero-order valence-corrected chi connectivity index (χ0v) is 13.4. The molecule has 2 aromatic rings. The van der Waals surface area contributed by atoms with Crippen molar-refractivity contribution < 1.29 is 13.6 Å². The fourth-order valence-corrected chi connectivity index (χ4v) is 2.81. The number of hydrogen-bond acceptors (Lipinski definition) is 2. The molecule has 0 saturated carbocycles. The molecule has 22 heavy (non-hydrogen) atoms. The molecule has 0 fully saturated rings. The average molecular weight is 321 g/mol. The molecule has 1 N–H and O–H groups in total. The van der Waals surface area contributed by atoms with Crippen molar-refractivity contribution in [2.75, 3.05) is 5.32 Å². The number of carbonyl (C=O) groups is 1. The molecule has 0 aliphatic heterocycles. The first-order chi connectivity index (χ1) is 10.4. The Kier molecular flexibility index (Phi) is 5.19. The second kappa shape index (κ2) is 6.92. The SMILES string of the molecule is Cc1ccc(C)c(NC(=O)[C@@H](C)Sc2ccc(F)c(F)c2)c1. The third-order valence-electron chi connectivity index (χ3n) is 3.22. The molecule has 5 heteroatoms. The van der Waals surface area contributed by atoms with E-state index in [4.69, 9.17) is 0 Å². The first kappa shape index (κ1) is 16.5. The Labute approximate surface area is 132 Å². The number of anilines is 1. The molecule has 0 spiro atoms. The zero-order chi connectivity index (χ0) is 16.3. The van der Waals surface area contributed by atoms with Crippen molar-refractivity contribution in [2.45, 2.75) is 30.9 Å². The van der Waals surface area contributed by atoms with Gasteiger partial charge in [-0.05, 0) is 56.2 Å². The van der Waals surface area contributed by atoms with E-state index in [2.05, 4.69) is 5.32 Å². The number of amides is 1. The van der Waals surface area contributed by atoms with Gasteiger partial charge in [-0.3, -0.25) is 4.79 Å². The fourth-order valence-electron chi connectivity index (χ4n) is 1.91. The van der Waals surface area contributed by atoms with E-state index in [-0.39, 0.29) is 5.91 Å². The van der Waals surface area contributed by atoms with Crippen LogP contribution < -0.4 is 5.32 Å². The van der Waals surface area contributed by atoms with Crippen LogP contribution in [0.4, 0.5) is 14.5 Å². The van der Waals surface area contributed by atoms with Gasteiger partial charge in [-0.1, -0.05) is 12.1 Å². The summed E-state index contributed by atoms with van der Waals surface area (Å²) in [6.07, 6.45) is 0. The topological polar surface area (TPSA) is 29.1 Å². The average Bonchev–Trinajstić information content (AvgIpc) is 2.46. The molecular weight excluding hydrogens is 304 g/mol. The molecular formula is C17H17F2NOS. The Balaban J connectivity index is 2.05. The molecule has 2 rings (SSSR count). The molecule has 1 amide bonds. The predicted octanol–water partition coefficient (Wildman–Crippen LogP) is 4.70. The van der Waals surface area contributed by atoms with E-state index in [0.29, 0.717) is 4.90 Å². The van der Waals surface area contributed by atoms with Gasteiger partial charge < -0.3 is 5.32 Å². The van der Waals surface area contributed by atoms with Crippen LogP contribution in [0.1, 0.15) is 18.1 Å². The largest absolute Gasteiger partial charge is 0.325 e. The molecule has 1 atom stereocenters. The summed E-state index contributed by atoms with van der Waals surface area (Å²) in [6.45, 7) is 5.60. The number of nitrogens with one attached hydrogen (secondary N) is 1. The van der Waals surface area contributed by atoms with Gasteiger partial charge in [-0.15, -0.1) is 11.8 Å². The summed E-state index contributed by atoms with van der Waals surface area (Å²) in [5.41, 5.74) is 2.80. The Morgan fingerprint density at radius 3 is 2.50 bits per heavy atom. The highest BCUT2D eigenvalue weighted by Crippen LogP contribution is 2.26. The van der Waals surface area contributed by atoms with E-state index >= 15 is 0 Å². The Morgan fingerprint density at radius 2 is 1.82 bits per heavy atom. The van der Waals surface area contributed by atoms with E-state index in [1.807, 2.05) is 32.0 Å². The third-order valence-corrected chi connectivity index (χ3v) is 4.32. The number of aryl methyl sites for hydroxylation is 2. The van der Waals surface area contributed by atoms with Crippen LogP contribution in [0.3, 0.4) is 0 Å². The summed E-state index contributed by atoms with van der Waals surface area (Å²) in [6, 6.07) is 9.45. The van der Waals surface area contributed by atoms with Crippen molar-refractivity contribution in [2.24, 2.45) is 0 Å². The molecule has 0 radical (unpaired) electrons. The van der Waals surface area contributed by atoms with E-state index in [9.17, 15) is 13.6 Å². The van der Waals surface area contributed by atoms with Crippen LogP contribution in [0.15, 0.2) is 41.3 Å². The smallest absolute Gasteiger partial charge is 0.237 e. The van der Waals surface area contributed by atoms with Crippen LogP contribution in [0.25, 0.3) is 0 Å².